The average Bonchev–Trinajstić information content (AvgIpc) is 2.41. The first-order valence-electron chi connectivity index (χ1n) is 6.69. The van der Waals surface area contributed by atoms with Gasteiger partial charge in [0.05, 0.1) is 0 Å². The summed E-state index contributed by atoms with van der Waals surface area (Å²) in [6.45, 7) is 4.15. The van der Waals surface area contributed by atoms with Crippen molar-refractivity contribution in [1.82, 2.24) is 5.32 Å². The Labute approximate surface area is 130 Å². The molecule has 3 heteroatoms. The summed E-state index contributed by atoms with van der Waals surface area (Å²) in [6.07, 6.45) is 0.844. The molecular weight excluding hydrogens is 289 g/mol. The van der Waals surface area contributed by atoms with Gasteiger partial charge >= 0.3 is 0 Å². The van der Waals surface area contributed by atoms with Crippen LogP contribution in [0.2, 0.25) is 10.0 Å². The van der Waals surface area contributed by atoms with Crippen molar-refractivity contribution in [2.75, 3.05) is 7.05 Å². The fraction of sp³-hybridized carbons (Fsp3) is 0.294. The molecule has 0 aliphatic carbocycles. The molecule has 0 aromatic heterocycles. The number of halogens is 2. The van der Waals surface area contributed by atoms with Crippen LogP contribution in [0.5, 0.6) is 0 Å². The average molecular weight is 308 g/mol. The van der Waals surface area contributed by atoms with Crippen LogP contribution >= 0.6 is 23.2 Å². The molecule has 0 aliphatic rings. The molecule has 1 N–H and O–H groups in total. The Morgan fingerprint density at radius 2 is 1.80 bits per heavy atom. The van der Waals surface area contributed by atoms with Gasteiger partial charge in [0, 0.05) is 16.1 Å². The zero-order chi connectivity index (χ0) is 14.7. The van der Waals surface area contributed by atoms with E-state index in [4.69, 9.17) is 23.2 Å². The number of benzene rings is 2. The van der Waals surface area contributed by atoms with Crippen LogP contribution in [0, 0.1) is 13.8 Å². The van der Waals surface area contributed by atoms with Crippen molar-refractivity contribution in [1.29, 1.82) is 0 Å². The highest BCUT2D eigenvalue weighted by Crippen LogP contribution is 2.27. The van der Waals surface area contributed by atoms with Crippen LogP contribution in [-0.2, 0) is 6.42 Å². The van der Waals surface area contributed by atoms with Gasteiger partial charge < -0.3 is 5.32 Å². The van der Waals surface area contributed by atoms with E-state index in [-0.39, 0.29) is 6.04 Å². The van der Waals surface area contributed by atoms with Crippen molar-refractivity contribution in [3.8, 4) is 0 Å². The lowest BCUT2D eigenvalue weighted by molar-refractivity contribution is 0.589. The van der Waals surface area contributed by atoms with Crippen LogP contribution < -0.4 is 5.32 Å². The molecule has 0 spiro atoms. The molecule has 0 radical (unpaired) electrons. The molecular formula is C17H19Cl2N. The number of hydrogen-bond donors (Lipinski definition) is 1. The van der Waals surface area contributed by atoms with Gasteiger partial charge in [-0.3, -0.25) is 0 Å². The lowest BCUT2D eigenvalue weighted by atomic mass is 9.95. The SMILES string of the molecule is CNC(Cc1ccc(C)cc1Cl)c1cc(Cl)ccc1C. The molecule has 1 unspecified atom stereocenters. The van der Waals surface area contributed by atoms with E-state index in [2.05, 4.69) is 30.4 Å². The van der Waals surface area contributed by atoms with Gasteiger partial charge in [-0.05, 0) is 67.8 Å². The molecule has 2 rings (SSSR count). The van der Waals surface area contributed by atoms with Gasteiger partial charge in [0.25, 0.3) is 0 Å². The van der Waals surface area contributed by atoms with E-state index in [1.54, 1.807) is 0 Å². The normalized spacial score (nSPS) is 12.4. The first kappa shape index (κ1) is 15.4. The number of rotatable bonds is 4. The molecule has 0 fully saturated rings. The maximum Gasteiger partial charge on any atom is 0.0441 e. The lowest BCUT2D eigenvalue weighted by Crippen LogP contribution is -2.20. The van der Waals surface area contributed by atoms with E-state index in [0.29, 0.717) is 0 Å². The molecule has 1 nitrogen and oxygen atoms in total. The maximum absolute atomic E-state index is 6.34. The molecule has 20 heavy (non-hydrogen) atoms. The van der Waals surface area contributed by atoms with E-state index in [0.717, 1.165) is 22.0 Å². The first-order chi connectivity index (χ1) is 9.51. The number of aryl methyl sites for hydroxylation is 2. The molecule has 0 aliphatic heterocycles. The Kier molecular flexibility index (Phi) is 5.09. The number of likely N-dealkylation sites (N-methyl/N-ethyl adjacent to an activating group) is 1. The number of nitrogens with one attached hydrogen (secondary N) is 1. The highest BCUT2D eigenvalue weighted by atomic mass is 35.5. The Bertz CT molecular complexity index is 608. The fourth-order valence-corrected chi connectivity index (χ4v) is 2.88. The zero-order valence-corrected chi connectivity index (χ0v) is 13.5. The second-order valence-electron chi connectivity index (χ2n) is 5.14. The molecule has 2 aromatic rings. The van der Waals surface area contributed by atoms with Gasteiger partial charge in [-0.1, -0.05) is 41.4 Å². The number of hydrogen-bond acceptors (Lipinski definition) is 1. The summed E-state index contributed by atoms with van der Waals surface area (Å²) in [4.78, 5) is 0. The molecule has 0 saturated carbocycles. The van der Waals surface area contributed by atoms with Crippen molar-refractivity contribution < 1.29 is 0 Å². The third-order valence-electron chi connectivity index (χ3n) is 3.60. The van der Waals surface area contributed by atoms with Gasteiger partial charge in [0.2, 0.25) is 0 Å². The summed E-state index contributed by atoms with van der Waals surface area (Å²) >= 11 is 12.5. The van der Waals surface area contributed by atoms with Crippen molar-refractivity contribution in [2.45, 2.75) is 26.3 Å². The predicted molar refractivity (Wildman–Crippen MR) is 87.9 cm³/mol. The highest BCUT2D eigenvalue weighted by molar-refractivity contribution is 6.31. The van der Waals surface area contributed by atoms with Crippen LogP contribution in [0.3, 0.4) is 0 Å². The van der Waals surface area contributed by atoms with Gasteiger partial charge in [-0.2, -0.15) is 0 Å². The zero-order valence-electron chi connectivity index (χ0n) is 12.0. The van der Waals surface area contributed by atoms with Crippen LogP contribution in [-0.4, -0.2) is 7.05 Å². The van der Waals surface area contributed by atoms with Gasteiger partial charge in [0.1, 0.15) is 0 Å². The molecule has 0 bridgehead atoms. The van der Waals surface area contributed by atoms with Gasteiger partial charge in [0.15, 0.2) is 0 Å². The van der Waals surface area contributed by atoms with Crippen molar-refractivity contribution in [3.63, 3.8) is 0 Å². The minimum Gasteiger partial charge on any atom is -0.313 e. The summed E-state index contributed by atoms with van der Waals surface area (Å²) in [6, 6.07) is 12.4. The van der Waals surface area contributed by atoms with Crippen LogP contribution in [0.25, 0.3) is 0 Å². The third kappa shape index (κ3) is 3.54. The predicted octanol–water partition coefficient (Wildman–Crippen LogP) is 5.11. The van der Waals surface area contributed by atoms with Crippen molar-refractivity contribution in [3.05, 3.63) is 68.7 Å². The standard InChI is InChI=1S/C17H19Cl2N/c1-11-4-6-13(16(19)8-11)9-17(20-3)15-10-14(18)7-5-12(15)2/h4-8,10,17,20H,9H2,1-3H3. The van der Waals surface area contributed by atoms with Crippen molar-refractivity contribution >= 4 is 23.2 Å². The smallest absolute Gasteiger partial charge is 0.0441 e. The molecule has 0 saturated heterocycles. The highest BCUT2D eigenvalue weighted by Gasteiger charge is 2.14. The fourth-order valence-electron chi connectivity index (χ4n) is 2.39. The lowest BCUT2D eigenvalue weighted by Gasteiger charge is -2.20. The summed E-state index contributed by atoms with van der Waals surface area (Å²) in [7, 11) is 1.97. The van der Waals surface area contributed by atoms with Gasteiger partial charge in [-0.15, -0.1) is 0 Å². The monoisotopic (exact) mass is 307 g/mol. The van der Waals surface area contributed by atoms with E-state index < -0.39 is 0 Å². The molecule has 106 valence electrons. The Morgan fingerprint density at radius 3 is 2.45 bits per heavy atom. The molecule has 2 aromatic carbocycles. The minimum atomic E-state index is 0.203. The van der Waals surface area contributed by atoms with E-state index >= 15 is 0 Å². The Morgan fingerprint density at radius 1 is 1.05 bits per heavy atom. The second kappa shape index (κ2) is 6.62. The Balaban J connectivity index is 2.31. The molecule has 0 amide bonds. The summed E-state index contributed by atoms with van der Waals surface area (Å²) < 4.78 is 0. The summed E-state index contributed by atoms with van der Waals surface area (Å²) in [5.41, 5.74) is 4.78. The van der Waals surface area contributed by atoms with E-state index in [9.17, 15) is 0 Å². The summed E-state index contributed by atoms with van der Waals surface area (Å²) in [5, 5.41) is 4.95. The van der Waals surface area contributed by atoms with Crippen LogP contribution in [0.4, 0.5) is 0 Å². The molecule has 1 atom stereocenters. The largest absolute Gasteiger partial charge is 0.313 e. The topological polar surface area (TPSA) is 12.0 Å². The van der Waals surface area contributed by atoms with E-state index in [1.165, 1.54) is 16.7 Å². The second-order valence-corrected chi connectivity index (χ2v) is 5.98. The van der Waals surface area contributed by atoms with Gasteiger partial charge in [-0.25, -0.2) is 0 Å². The third-order valence-corrected chi connectivity index (χ3v) is 4.18. The summed E-state index contributed by atoms with van der Waals surface area (Å²) in [5.74, 6) is 0. The molecule has 0 heterocycles. The van der Waals surface area contributed by atoms with Crippen LogP contribution in [0.1, 0.15) is 28.3 Å². The van der Waals surface area contributed by atoms with E-state index in [1.807, 2.05) is 32.2 Å². The maximum atomic E-state index is 6.34. The van der Waals surface area contributed by atoms with Crippen LogP contribution in [0.15, 0.2) is 36.4 Å². The van der Waals surface area contributed by atoms with Crippen molar-refractivity contribution in [2.24, 2.45) is 0 Å². The first-order valence-corrected chi connectivity index (χ1v) is 7.45. The minimum absolute atomic E-state index is 0.203. The Hall–Kier alpha value is -1.02. The quantitative estimate of drug-likeness (QED) is 0.827.